The third kappa shape index (κ3) is 2.23. The summed E-state index contributed by atoms with van der Waals surface area (Å²) in [5, 5.41) is 4.63. The highest BCUT2D eigenvalue weighted by atomic mass is 16.5. The summed E-state index contributed by atoms with van der Waals surface area (Å²) in [6.07, 6.45) is 0. The molecule has 2 aromatic rings. The maximum Gasteiger partial charge on any atom is 0.338 e. The first-order valence-electron chi connectivity index (χ1n) is 7.79. The van der Waals surface area contributed by atoms with E-state index in [9.17, 15) is 4.79 Å². The van der Waals surface area contributed by atoms with Gasteiger partial charge in [-0.05, 0) is 57.8 Å². The van der Waals surface area contributed by atoms with E-state index in [1.54, 1.807) is 0 Å². The van der Waals surface area contributed by atoms with Crippen LogP contribution in [0.3, 0.4) is 0 Å². The summed E-state index contributed by atoms with van der Waals surface area (Å²) in [6.45, 7) is 2.21. The number of hydrogen-bond donors (Lipinski definition) is 0. The molecule has 2 heteroatoms. The fourth-order valence-corrected chi connectivity index (χ4v) is 3.19. The molecule has 0 unspecified atom stereocenters. The molecule has 2 aromatic carbocycles. The normalized spacial score (nSPS) is 11.2. The highest BCUT2D eigenvalue weighted by molar-refractivity contribution is 6.11. The van der Waals surface area contributed by atoms with Gasteiger partial charge in [0, 0.05) is 0 Å². The zero-order valence-electron chi connectivity index (χ0n) is 12.9. The minimum atomic E-state index is -0.264. The van der Waals surface area contributed by atoms with Gasteiger partial charge in [0.15, 0.2) is 0 Å². The average molecular weight is 300 g/mol. The molecule has 0 saturated carbocycles. The molecule has 0 bridgehead atoms. The van der Waals surface area contributed by atoms with Crippen LogP contribution in [0.5, 0.6) is 0 Å². The number of rotatable bonds is 2. The molecule has 4 rings (SSSR count). The summed E-state index contributed by atoms with van der Waals surface area (Å²) < 4.78 is 5.17. The first-order chi connectivity index (χ1) is 11.3. The molecule has 0 heterocycles. The Morgan fingerprint density at radius 2 is 1.35 bits per heavy atom. The van der Waals surface area contributed by atoms with Crippen LogP contribution in [-0.2, 0) is 4.74 Å². The minimum absolute atomic E-state index is 0.264. The topological polar surface area (TPSA) is 26.3 Å². The molecular formula is C21H16O2. The maximum atomic E-state index is 12.1. The fourth-order valence-electron chi connectivity index (χ4n) is 3.19. The number of benzene rings is 2. The minimum Gasteiger partial charge on any atom is -0.462 e. The third-order valence-electron chi connectivity index (χ3n) is 4.21. The van der Waals surface area contributed by atoms with E-state index in [1.807, 2.05) is 43.3 Å². The molecule has 23 heavy (non-hydrogen) atoms. The summed E-state index contributed by atoms with van der Waals surface area (Å²) in [5.74, 6) is -0.264. The molecule has 0 N–H and O–H groups in total. The van der Waals surface area contributed by atoms with Crippen LogP contribution in [-0.4, -0.2) is 12.6 Å². The second-order valence-corrected chi connectivity index (χ2v) is 5.61. The first kappa shape index (κ1) is 13.8. The summed E-state index contributed by atoms with van der Waals surface area (Å²) in [5.41, 5.74) is 2.79. The number of ether oxygens (including phenoxy) is 1. The van der Waals surface area contributed by atoms with Gasteiger partial charge in [-0.25, -0.2) is 4.79 Å². The van der Waals surface area contributed by atoms with Crippen molar-refractivity contribution < 1.29 is 9.53 Å². The Labute approximate surface area is 134 Å². The molecule has 2 nitrogen and oxygen atoms in total. The average Bonchev–Trinajstić information content (AvgIpc) is 2.96. The van der Waals surface area contributed by atoms with Gasteiger partial charge in [-0.3, -0.25) is 0 Å². The molecule has 0 spiro atoms. The number of carbonyl (C=O) groups is 1. The largest absolute Gasteiger partial charge is 0.462 e. The Morgan fingerprint density at radius 3 is 1.87 bits per heavy atom. The molecule has 0 atom stereocenters. The Hall–Kier alpha value is -2.87. The van der Waals surface area contributed by atoms with E-state index in [4.69, 9.17) is 4.74 Å². The summed E-state index contributed by atoms with van der Waals surface area (Å²) >= 11 is 0. The monoisotopic (exact) mass is 300 g/mol. The Balaban J connectivity index is 2.14. The Bertz CT molecular complexity index is 930. The van der Waals surface area contributed by atoms with Crippen LogP contribution >= 0.6 is 0 Å². The Kier molecular flexibility index (Phi) is 3.23. The lowest BCUT2D eigenvalue weighted by molar-refractivity contribution is 0.0527. The molecule has 0 aliphatic heterocycles. The van der Waals surface area contributed by atoms with E-state index in [2.05, 4.69) is 30.3 Å². The van der Waals surface area contributed by atoms with E-state index >= 15 is 0 Å². The fraction of sp³-hybridized carbons (Fsp3) is 0.0952. The van der Waals surface area contributed by atoms with Crippen molar-refractivity contribution in [1.82, 2.24) is 0 Å². The number of fused-ring (bicyclic) bond motifs is 5. The number of carbonyl (C=O) groups excluding carboxylic acids is 1. The molecule has 0 radical (unpaired) electrons. The van der Waals surface area contributed by atoms with Crippen molar-refractivity contribution in [3.05, 3.63) is 72.3 Å². The van der Waals surface area contributed by atoms with E-state index < -0.39 is 0 Å². The van der Waals surface area contributed by atoms with E-state index in [0.29, 0.717) is 12.2 Å². The van der Waals surface area contributed by atoms with Crippen molar-refractivity contribution in [2.24, 2.45) is 0 Å². The van der Waals surface area contributed by atoms with Gasteiger partial charge in [0.1, 0.15) is 0 Å². The van der Waals surface area contributed by atoms with Gasteiger partial charge in [0.05, 0.1) is 12.2 Å². The summed E-state index contributed by atoms with van der Waals surface area (Å²) in [4.78, 5) is 12.1. The summed E-state index contributed by atoms with van der Waals surface area (Å²) in [7, 11) is 0. The predicted octanol–water partition coefficient (Wildman–Crippen LogP) is 5.27. The second kappa shape index (κ2) is 5.40. The van der Waals surface area contributed by atoms with Crippen molar-refractivity contribution >= 4 is 27.5 Å². The van der Waals surface area contributed by atoms with Crippen LogP contribution in [0.25, 0.3) is 32.7 Å². The lowest BCUT2D eigenvalue weighted by atomic mass is 10.0. The number of hydrogen-bond acceptors (Lipinski definition) is 2. The second-order valence-electron chi connectivity index (χ2n) is 5.61. The highest BCUT2D eigenvalue weighted by Crippen LogP contribution is 2.38. The lowest BCUT2D eigenvalue weighted by Gasteiger charge is -1.99. The molecular weight excluding hydrogens is 284 g/mol. The van der Waals surface area contributed by atoms with Crippen molar-refractivity contribution in [3.63, 3.8) is 0 Å². The zero-order chi connectivity index (χ0) is 15.8. The molecule has 2 aliphatic rings. The van der Waals surface area contributed by atoms with Crippen LogP contribution in [0.1, 0.15) is 17.3 Å². The third-order valence-corrected chi connectivity index (χ3v) is 4.21. The van der Waals surface area contributed by atoms with Gasteiger partial charge in [-0.15, -0.1) is 0 Å². The van der Waals surface area contributed by atoms with Gasteiger partial charge in [-0.1, -0.05) is 48.5 Å². The standard InChI is InChI=1S/C21H16O2/c1-2-23-21(22)16-12-19-17-9-5-3-7-14(17)11-15-8-4-6-10-18(15)20(19)13-16/h3-13H,2H2,1H3. The van der Waals surface area contributed by atoms with E-state index in [1.165, 1.54) is 10.8 Å². The van der Waals surface area contributed by atoms with Crippen LogP contribution in [0.15, 0.2) is 66.7 Å². The smallest absolute Gasteiger partial charge is 0.338 e. The van der Waals surface area contributed by atoms with E-state index in [0.717, 1.165) is 21.9 Å². The molecule has 2 aliphatic carbocycles. The SMILES string of the molecule is CCOC(=O)c1cc2c3ccccc3cc3ccccc3c-2c1. The van der Waals surface area contributed by atoms with Gasteiger partial charge in [0.25, 0.3) is 0 Å². The number of esters is 1. The molecule has 0 amide bonds. The molecule has 0 saturated heterocycles. The van der Waals surface area contributed by atoms with Crippen molar-refractivity contribution in [1.29, 1.82) is 0 Å². The quantitative estimate of drug-likeness (QED) is 0.471. The molecule has 0 aromatic heterocycles. The first-order valence-corrected chi connectivity index (χ1v) is 7.79. The lowest BCUT2D eigenvalue weighted by Crippen LogP contribution is -2.02. The predicted molar refractivity (Wildman–Crippen MR) is 94.0 cm³/mol. The molecule has 112 valence electrons. The van der Waals surface area contributed by atoms with E-state index in [-0.39, 0.29) is 5.97 Å². The maximum absolute atomic E-state index is 12.1. The van der Waals surface area contributed by atoms with Gasteiger partial charge in [0.2, 0.25) is 0 Å². The van der Waals surface area contributed by atoms with Crippen molar-refractivity contribution in [3.8, 4) is 11.1 Å². The molecule has 0 fully saturated rings. The summed E-state index contributed by atoms with van der Waals surface area (Å²) in [6, 6.07) is 22.7. The van der Waals surface area contributed by atoms with Crippen molar-refractivity contribution in [2.75, 3.05) is 6.61 Å². The van der Waals surface area contributed by atoms with Crippen LogP contribution in [0, 0.1) is 0 Å². The van der Waals surface area contributed by atoms with Crippen molar-refractivity contribution in [2.45, 2.75) is 6.92 Å². The van der Waals surface area contributed by atoms with Gasteiger partial charge >= 0.3 is 5.97 Å². The van der Waals surface area contributed by atoms with Crippen LogP contribution in [0.2, 0.25) is 0 Å². The van der Waals surface area contributed by atoms with Crippen LogP contribution in [0.4, 0.5) is 0 Å². The Morgan fingerprint density at radius 1 is 0.826 bits per heavy atom. The van der Waals surface area contributed by atoms with Gasteiger partial charge in [-0.2, -0.15) is 0 Å². The van der Waals surface area contributed by atoms with Crippen LogP contribution < -0.4 is 0 Å². The zero-order valence-corrected chi connectivity index (χ0v) is 12.9. The highest BCUT2D eigenvalue weighted by Gasteiger charge is 2.17. The van der Waals surface area contributed by atoms with Gasteiger partial charge < -0.3 is 4.74 Å².